The van der Waals surface area contributed by atoms with E-state index >= 15 is 0 Å². The second-order valence-corrected chi connectivity index (χ2v) is 6.08. The molecule has 1 heterocycles. The van der Waals surface area contributed by atoms with Crippen molar-refractivity contribution in [2.24, 2.45) is 0 Å². The predicted molar refractivity (Wildman–Crippen MR) is 68.8 cm³/mol. The Hall–Kier alpha value is -1.94. The van der Waals surface area contributed by atoms with E-state index in [1.807, 2.05) is 4.72 Å². The quantitative estimate of drug-likeness (QED) is 0.543. The van der Waals surface area contributed by atoms with Crippen molar-refractivity contribution in [2.45, 2.75) is 31.7 Å². The maximum absolute atomic E-state index is 12.0. The number of hydrogen-bond acceptors (Lipinski definition) is 5. The van der Waals surface area contributed by atoms with Crippen molar-refractivity contribution in [3.8, 4) is 0 Å². The Morgan fingerprint density at radius 1 is 1.40 bits per heavy atom. The molecule has 1 aromatic heterocycles. The zero-order valence-electron chi connectivity index (χ0n) is 11.2. The molecule has 0 spiro atoms. The van der Waals surface area contributed by atoms with E-state index in [0.717, 1.165) is 0 Å². The van der Waals surface area contributed by atoms with E-state index in [-0.39, 0.29) is 11.7 Å². The van der Waals surface area contributed by atoms with E-state index in [1.54, 1.807) is 13.8 Å². The van der Waals surface area contributed by atoms with Crippen molar-refractivity contribution >= 4 is 21.9 Å². The summed E-state index contributed by atoms with van der Waals surface area (Å²) >= 11 is 0. The van der Waals surface area contributed by atoms with Crippen LogP contribution in [-0.4, -0.2) is 48.2 Å². The van der Waals surface area contributed by atoms with Crippen molar-refractivity contribution in [1.82, 2.24) is 20.2 Å². The molecule has 0 aliphatic heterocycles. The smallest absolute Gasteiger partial charge is 0.357 e. The van der Waals surface area contributed by atoms with Gasteiger partial charge in [-0.25, -0.2) is 17.9 Å². The molecule has 0 unspecified atom stereocenters. The summed E-state index contributed by atoms with van der Waals surface area (Å²) in [7, 11) is -4.14. The van der Waals surface area contributed by atoms with Gasteiger partial charge in [0.25, 0.3) is 0 Å². The van der Waals surface area contributed by atoms with E-state index in [4.69, 9.17) is 5.11 Å². The Morgan fingerprint density at radius 2 is 2.00 bits per heavy atom. The van der Waals surface area contributed by atoms with Gasteiger partial charge in [0, 0.05) is 6.04 Å². The van der Waals surface area contributed by atoms with Crippen LogP contribution in [0.15, 0.2) is 4.90 Å². The molecule has 1 aromatic rings. The number of sulfonamides is 1. The zero-order valence-corrected chi connectivity index (χ0v) is 12.0. The molecule has 0 aromatic carbocycles. The molecule has 0 radical (unpaired) electrons. The number of aromatic nitrogens is 2. The highest BCUT2D eigenvalue weighted by molar-refractivity contribution is 7.89. The SMILES string of the molecule is Cc1[nH]nc(C(=O)O)c1S(=O)(=O)NCC(=O)NC(C)C. The largest absolute Gasteiger partial charge is 0.476 e. The molecule has 1 amide bonds. The van der Waals surface area contributed by atoms with Crippen molar-refractivity contribution in [2.75, 3.05) is 6.54 Å². The fourth-order valence-electron chi connectivity index (χ4n) is 1.50. The van der Waals surface area contributed by atoms with Gasteiger partial charge in [0.2, 0.25) is 15.9 Å². The Bertz CT molecular complexity index is 620. The highest BCUT2D eigenvalue weighted by Gasteiger charge is 2.28. The van der Waals surface area contributed by atoms with E-state index in [9.17, 15) is 18.0 Å². The van der Waals surface area contributed by atoms with Crippen molar-refractivity contribution in [3.63, 3.8) is 0 Å². The van der Waals surface area contributed by atoms with Gasteiger partial charge in [-0.2, -0.15) is 5.10 Å². The van der Waals surface area contributed by atoms with Crippen LogP contribution in [0, 0.1) is 6.92 Å². The van der Waals surface area contributed by atoms with E-state index in [1.165, 1.54) is 6.92 Å². The lowest BCUT2D eigenvalue weighted by atomic mass is 10.4. The molecule has 112 valence electrons. The molecule has 9 nitrogen and oxygen atoms in total. The zero-order chi connectivity index (χ0) is 15.5. The number of carbonyl (C=O) groups is 2. The van der Waals surface area contributed by atoms with Crippen LogP contribution in [-0.2, 0) is 14.8 Å². The lowest BCUT2D eigenvalue weighted by Gasteiger charge is -2.09. The molecule has 0 bridgehead atoms. The molecular weight excluding hydrogens is 288 g/mol. The second-order valence-electron chi connectivity index (χ2n) is 4.38. The minimum absolute atomic E-state index is 0.0826. The van der Waals surface area contributed by atoms with Crippen LogP contribution in [0.25, 0.3) is 0 Å². The fourth-order valence-corrected chi connectivity index (χ4v) is 2.80. The maximum Gasteiger partial charge on any atom is 0.357 e. The molecule has 0 aliphatic rings. The van der Waals surface area contributed by atoms with Gasteiger partial charge in [0.1, 0.15) is 4.90 Å². The lowest BCUT2D eigenvalue weighted by molar-refractivity contribution is -0.120. The average Bonchev–Trinajstić information content (AvgIpc) is 2.68. The number of amides is 1. The first-order valence-corrected chi connectivity index (χ1v) is 7.20. The summed E-state index contributed by atoms with van der Waals surface area (Å²) in [6, 6.07) is -0.128. The highest BCUT2D eigenvalue weighted by Crippen LogP contribution is 2.17. The number of carboxylic acid groups (broad SMARTS) is 1. The lowest BCUT2D eigenvalue weighted by Crippen LogP contribution is -2.40. The Balaban J connectivity index is 2.93. The molecule has 0 saturated heterocycles. The number of carboxylic acids is 1. The first-order chi connectivity index (χ1) is 9.15. The molecule has 4 N–H and O–H groups in total. The third kappa shape index (κ3) is 3.78. The molecular formula is C10H16N4O5S. The summed E-state index contributed by atoms with van der Waals surface area (Å²) in [5.41, 5.74) is -0.529. The van der Waals surface area contributed by atoms with Crippen LogP contribution in [0.4, 0.5) is 0 Å². The number of H-pyrrole nitrogens is 1. The Morgan fingerprint density at radius 3 is 2.50 bits per heavy atom. The number of aromatic carboxylic acids is 1. The number of aromatic amines is 1. The standard InChI is InChI=1S/C10H16N4O5S/c1-5(2)12-7(15)4-11-20(18,19)9-6(3)13-14-8(9)10(16)17/h5,11H,4H2,1-3H3,(H,12,15)(H,13,14)(H,16,17). The monoisotopic (exact) mass is 304 g/mol. The number of nitrogens with zero attached hydrogens (tertiary/aromatic N) is 1. The second kappa shape index (κ2) is 6.01. The predicted octanol–water partition coefficient (Wildman–Crippen LogP) is -0.781. The van der Waals surface area contributed by atoms with Gasteiger partial charge in [0.05, 0.1) is 12.2 Å². The van der Waals surface area contributed by atoms with Crippen LogP contribution >= 0.6 is 0 Å². The molecule has 1 rings (SSSR count). The number of nitrogens with one attached hydrogen (secondary N) is 3. The van der Waals surface area contributed by atoms with Gasteiger partial charge < -0.3 is 10.4 Å². The minimum Gasteiger partial charge on any atom is -0.476 e. The normalized spacial score (nSPS) is 11.6. The Labute approximate surface area is 115 Å². The summed E-state index contributed by atoms with van der Waals surface area (Å²) in [5, 5.41) is 17.1. The van der Waals surface area contributed by atoms with Crippen LogP contribution in [0.5, 0.6) is 0 Å². The van der Waals surface area contributed by atoms with E-state index in [0.29, 0.717) is 0 Å². The number of aryl methyl sites for hydroxylation is 1. The summed E-state index contributed by atoms with van der Waals surface area (Å²) < 4.78 is 26.1. The van der Waals surface area contributed by atoms with Crippen LogP contribution < -0.4 is 10.0 Å². The van der Waals surface area contributed by atoms with Crippen LogP contribution in [0.1, 0.15) is 30.0 Å². The fraction of sp³-hybridized carbons (Fsp3) is 0.500. The molecule has 0 aliphatic carbocycles. The summed E-state index contributed by atoms with van der Waals surface area (Å²) in [4.78, 5) is 21.8. The van der Waals surface area contributed by atoms with Crippen molar-refractivity contribution < 1.29 is 23.1 Å². The van der Waals surface area contributed by atoms with Gasteiger partial charge in [-0.3, -0.25) is 9.89 Å². The van der Waals surface area contributed by atoms with E-state index < -0.39 is 39.0 Å². The van der Waals surface area contributed by atoms with Gasteiger partial charge in [-0.05, 0) is 20.8 Å². The van der Waals surface area contributed by atoms with Crippen molar-refractivity contribution in [3.05, 3.63) is 11.4 Å². The van der Waals surface area contributed by atoms with Gasteiger partial charge in [-0.15, -0.1) is 0 Å². The van der Waals surface area contributed by atoms with Gasteiger partial charge >= 0.3 is 5.97 Å². The third-order valence-corrected chi connectivity index (χ3v) is 3.80. The molecule has 20 heavy (non-hydrogen) atoms. The number of carbonyl (C=O) groups excluding carboxylic acids is 1. The third-order valence-electron chi connectivity index (χ3n) is 2.23. The van der Waals surface area contributed by atoms with Crippen molar-refractivity contribution in [1.29, 1.82) is 0 Å². The number of rotatable bonds is 6. The van der Waals surface area contributed by atoms with Crippen LogP contribution in [0.3, 0.4) is 0 Å². The van der Waals surface area contributed by atoms with Gasteiger partial charge in [0.15, 0.2) is 5.69 Å². The maximum atomic E-state index is 12.0. The minimum atomic E-state index is -4.14. The summed E-state index contributed by atoms with van der Waals surface area (Å²) in [6.07, 6.45) is 0. The first-order valence-electron chi connectivity index (χ1n) is 5.72. The summed E-state index contributed by atoms with van der Waals surface area (Å²) in [5.74, 6) is -1.98. The molecule has 10 heteroatoms. The van der Waals surface area contributed by atoms with E-state index in [2.05, 4.69) is 15.5 Å². The average molecular weight is 304 g/mol. The molecule has 0 saturated carbocycles. The highest BCUT2D eigenvalue weighted by atomic mass is 32.2. The summed E-state index contributed by atoms with van der Waals surface area (Å²) in [6.45, 7) is 4.36. The topological polar surface area (TPSA) is 141 Å². The number of hydrogen-bond donors (Lipinski definition) is 4. The first kappa shape index (κ1) is 16.1. The Kier molecular flexibility index (Phi) is 4.84. The molecule has 0 atom stereocenters. The van der Waals surface area contributed by atoms with Gasteiger partial charge in [-0.1, -0.05) is 0 Å². The molecule has 0 fully saturated rings. The van der Waals surface area contributed by atoms with Crippen LogP contribution in [0.2, 0.25) is 0 Å².